The molecule has 0 unspecified atom stereocenters. The van der Waals surface area contributed by atoms with Gasteiger partial charge < -0.3 is 14.8 Å². The van der Waals surface area contributed by atoms with E-state index < -0.39 is 0 Å². The highest BCUT2D eigenvalue weighted by Crippen LogP contribution is 2.42. The summed E-state index contributed by atoms with van der Waals surface area (Å²) in [5, 5.41) is 2.92. The molecule has 1 heterocycles. The van der Waals surface area contributed by atoms with Crippen LogP contribution in [0.15, 0.2) is 76.6 Å². The molecule has 5 heteroatoms. The zero-order valence-corrected chi connectivity index (χ0v) is 14.7. The van der Waals surface area contributed by atoms with Gasteiger partial charge in [-0.15, -0.1) is 0 Å². The number of hydrogen-bond donors (Lipinski definition) is 1. The predicted molar refractivity (Wildman–Crippen MR) is 101 cm³/mol. The average molecular weight is 353 g/mol. The van der Waals surface area contributed by atoms with Crippen LogP contribution in [0.1, 0.15) is 6.92 Å². The van der Waals surface area contributed by atoms with Crippen molar-refractivity contribution in [3.63, 3.8) is 0 Å². The Morgan fingerprint density at radius 3 is 2.52 bits per heavy atom. The van der Waals surface area contributed by atoms with Crippen molar-refractivity contribution in [1.29, 1.82) is 0 Å². The summed E-state index contributed by atoms with van der Waals surface area (Å²) < 4.78 is 11.3. The molecule has 0 aliphatic carbocycles. The Morgan fingerprint density at radius 1 is 1.08 bits per heavy atom. The molecular weight excluding hydrogens is 334 g/mol. The number of allylic oxidation sites excluding steroid dienone is 3. The number of rotatable bonds is 5. The van der Waals surface area contributed by atoms with Crippen molar-refractivity contribution in [1.82, 2.24) is 0 Å². The molecular formula is C20H19NO3S. The summed E-state index contributed by atoms with van der Waals surface area (Å²) in [6.07, 6.45) is 6.87. The fraction of sp³-hybridized carbons (Fsp3) is 0.150. The Kier molecular flexibility index (Phi) is 5.80. The van der Waals surface area contributed by atoms with Gasteiger partial charge in [-0.1, -0.05) is 48.2 Å². The quantitative estimate of drug-likeness (QED) is 0.626. The van der Waals surface area contributed by atoms with Gasteiger partial charge in [-0.25, -0.2) is 0 Å². The van der Waals surface area contributed by atoms with Crippen molar-refractivity contribution in [2.45, 2.75) is 16.7 Å². The van der Waals surface area contributed by atoms with E-state index in [0.29, 0.717) is 30.4 Å². The molecule has 1 amide bonds. The van der Waals surface area contributed by atoms with Crippen LogP contribution in [-0.4, -0.2) is 19.1 Å². The first-order valence-corrected chi connectivity index (χ1v) is 8.85. The second-order valence-corrected chi connectivity index (χ2v) is 6.40. The number of ether oxygens (including phenoxy) is 2. The highest BCUT2D eigenvalue weighted by Gasteiger charge is 2.17. The minimum Gasteiger partial charge on any atom is -0.486 e. The number of nitrogens with one attached hydrogen (secondary N) is 1. The number of anilines is 1. The van der Waals surface area contributed by atoms with Crippen LogP contribution in [0.5, 0.6) is 11.5 Å². The number of carbonyl (C=O) groups excluding carboxylic acids is 1. The largest absolute Gasteiger partial charge is 0.486 e. The van der Waals surface area contributed by atoms with Crippen LogP contribution in [-0.2, 0) is 4.79 Å². The monoisotopic (exact) mass is 353 g/mol. The van der Waals surface area contributed by atoms with Crippen LogP contribution in [0.4, 0.5) is 5.69 Å². The third kappa shape index (κ3) is 4.67. The Labute approximate surface area is 151 Å². The summed E-state index contributed by atoms with van der Waals surface area (Å²) in [5.41, 5.74) is 0.702. The minimum absolute atomic E-state index is 0.190. The molecule has 0 radical (unpaired) electrons. The fourth-order valence-electron chi connectivity index (χ4n) is 2.30. The van der Waals surface area contributed by atoms with Gasteiger partial charge >= 0.3 is 0 Å². The molecule has 3 rings (SSSR count). The smallest absolute Gasteiger partial charge is 0.248 e. The number of hydrogen-bond acceptors (Lipinski definition) is 4. The molecule has 0 saturated heterocycles. The molecule has 0 fully saturated rings. The van der Waals surface area contributed by atoms with E-state index in [0.717, 1.165) is 9.79 Å². The van der Waals surface area contributed by atoms with Crippen LogP contribution in [0, 0.1) is 0 Å². The Morgan fingerprint density at radius 2 is 1.80 bits per heavy atom. The van der Waals surface area contributed by atoms with Gasteiger partial charge in [0.2, 0.25) is 5.91 Å². The van der Waals surface area contributed by atoms with Crippen LogP contribution in [0.2, 0.25) is 0 Å². The van der Waals surface area contributed by atoms with Gasteiger partial charge in [0.1, 0.15) is 13.2 Å². The Hall–Kier alpha value is -2.66. The van der Waals surface area contributed by atoms with Gasteiger partial charge in [0, 0.05) is 28.0 Å². The SMILES string of the molecule is CC=CC=CC(=O)Nc1cc2c(cc1Sc1ccccc1)OCCO2. The van der Waals surface area contributed by atoms with Crippen LogP contribution >= 0.6 is 11.8 Å². The van der Waals surface area contributed by atoms with E-state index in [1.54, 1.807) is 17.8 Å². The van der Waals surface area contributed by atoms with E-state index in [1.165, 1.54) is 6.08 Å². The van der Waals surface area contributed by atoms with E-state index in [9.17, 15) is 4.79 Å². The highest BCUT2D eigenvalue weighted by molar-refractivity contribution is 7.99. The molecule has 0 saturated carbocycles. The van der Waals surface area contributed by atoms with E-state index in [4.69, 9.17) is 9.47 Å². The first-order valence-electron chi connectivity index (χ1n) is 8.03. The van der Waals surface area contributed by atoms with Gasteiger partial charge in [0.05, 0.1) is 5.69 Å². The zero-order chi connectivity index (χ0) is 17.5. The molecule has 1 N–H and O–H groups in total. The zero-order valence-electron chi connectivity index (χ0n) is 13.9. The lowest BCUT2D eigenvalue weighted by Crippen LogP contribution is -2.16. The van der Waals surface area contributed by atoms with Crippen molar-refractivity contribution in [3.8, 4) is 11.5 Å². The molecule has 0 atom stereocenters. The van der Waals surface area contributed by atoms with Gasteiger partial charge in [-0.05, 0) is 19.1 Å². The van der Waals surface area contributed by atoms with Crippen molar-refractivity contribution >= 4 is 23.4 Å². The third-order valence-corrected chi connectivity index (χ3v) is 4.49. The Balaban J connectivity index is 1.89. The molecule has 0 bridgehead atoms. The van der Waals surface area contributed by atoms with Crippen molar-refractivity contribution < 1.29 is 14.3 Å². The molecule has 0 aromatic heterocycles. The van der Waals surface area contributed by atoms with Gasteiger partial charge in [-0.2, -0.15) is 0 Å². The summed E-state index contributed by atoms with van der Waals surface area (Å²) >= 11 is 1.57. The maximum Gasteiger partial charge on any atom is 0.248 e. The van der Waals surface area contributed by atoms with Gasteiger partial charge in [0.25, 0.3) is 0 Å². The van der Waals surface area contributed by atoms with Crippen molar-refractivity contribution in [3.05, 3.63) is 66.8 Å². The number of fused-ring (bicyclic) bond motifs is 1. The van der Waals surface area contributed by atoms with Crippen LogP contribution < -0.4 is 14.8 Å². The van der Waals surface area contributed by atoms with Gasteiger partial charge in [0.15, 0.2) is 11.5 Å². The lowest BCUT2D eigenvalue weighted by atomic mass is 10.2. The molecule has 4 nitrogen and oxygen atoms in total. The molecule has 1 aliphatic heterocycles. The lowest BCUT2D eigenvalue weighted by molar-refractivity contribution is -0.111. The predicted octanol–water partition coefficient (Wildman–Crippen LogP) is 4.68. The molecule has 0 spiro atoms. The molecule has 2 aromatic carbocycles. The summed E-state index contributed by atoms with van der Waals surface area (Å²) in [4.78, 5) is 14.1. The minimum atomic E-state index is -0.190. The van der Waals surface area contributed by atoms with Crippen LogP contribution in [0.3, 0.4) is 0 Å². The molecule has 2 aromatic rings. The third-order valence-electron chi connectivity index (χ3n) is 3.42. The summed E-state index contributed by atoms with van der Waals surface area (Å²) in [7, 11) is 0. The number of amides is 1. The maximum atomic E-state index is 12.1. The number of carbonyl (C=O) groups is 1. The first-order chi connectivity index (χ1) is 12.3. The van der Waals surface area contributed by atoms with Crippen molar-refractivity contribution in [2.75, 3.05) is 18.5 Å². The number of benzene rings is 2. The summed E-state index contributed by atoms with van der Waals surface area (Å²) in [6, 6.07) is 13.7. The van der Waals surface area contributed by atoms with Crippen LogP contribution in [0.25, 0.3) is 0 Å². The topological polar surface area (TPSA) is 47.6 Å². The molecule has 1 aliphatic rings. The average Bonchev–Trinajstić information content (AvgIpc) is 2.63. The highest BCUT2D eigenvalue weighted by atomic mass is 32.2. The lowest BCUT2D eigenvalue weighted by Gasteiger charge is -2.21. The van der Waals surface area contributed by atoms with Gasteiger partial charge in [-0.3, -0.25) is 4.79 Å². The maximum absolute atomic E-state index is 12.1. The second-order valence-electron chi connectivity index (χ2n) is 5.28. The fourth-order valence-corrected chi connectivity index (χ4v) is 3.23. The van der Waals surface area contributed by atoms with E-state index >= 15 is 0 Å². The van der Waals surface area contributed by atoms with E-state index in [-0.39, 0.29) is 5.91 Å². The standard InChI is InChI=1S/C20H19NO3S/c1-2-3-5-10-20(22)21-16-13-17-18(24-12-11-23-17)14-19(16)25-15-8-6-4-7-9-15/h2-10,13-14H,11-12H2,1H3,(H,21,22). The molecule has 128 valence electrons. The van der Waals surface area contributed by atoms with E-state index in [1.807, 2.05) is 61.5 Å². The second kappa shape index (κ2) is 8.44. The normalized spacial score (nSPS) is 13.3. The summed E-state index contributed by atoms with van der Waals surface area (Å²) in [5.74, 6) is 1.16. The first kappa shape index (κ1) is 17.2. The summed E-state index contributed by atoms with van der Waals surface area (Å²) in [6.45, 7) is 2.94. The van der Waals surface area contributed by atoms with E-state index in [2.05, 4.69) is 5.32 Å². The molecule has 25 heavy (non-hydrogen) atoms. The Bertz CT molecular complexity index is 800. The van der Waals surface area contributed by atoms with Crippen molar-refractivity contribution in [2.24, 2.45) is 0 Å².